The van der Waals surface area contributed by atoms with Crippen LogP contribution in [0.3, 0.4) is 0 Å². The van der Waals surface area contributed by atoms with Crippen LogP contribution in [0.4, 0.5) is 0 Å². The second kappa shape index (κ2) is 3.97. The first-order valence-corrected chi connectivity index (χ1v) is 5.88. The molecule has 15 heavy (non-hydrogen) atoms. The monoisotopic (exact) mass is 204 g/mol. The van der Waals surface area contributed by atoms with Crippen LogP contribution in [0.2, 0.25) is 0 Å². The van der Waals surface area contributed by atoms with Gasteiger partial charge in [-0.25, -0.2) is 0 Å². The van der Waals surface area contributed by atoms with Gasteiger partial charge in [-0.3, -0.25) is 0 Å². The second-order valence-corrected chi connectivity index (χ2v) is 5.21. The molecular formula is C14H20O. The SMILES string of the molecule is CC(C)Cc1ccc2c(c1)C(O)CC2C. The van der Waals surface area contributed by atoms with Gasteiger partial charge in [0.15, 0.2) is 0 Å². The third-order valence-corrected chi connectivity index (χ3v) is 3.26. The smallest absolute Gasteiger partial charge is 0.0798 e. The summed E-state index contributed by atoms with van der Waals surface area (Å²) in [5.74, 6) is 1.20. The highest BCUT2D eigenvalue weighted by Crippen LogP contribution is 2.40. The Labute approximate surface area is 92.1 Å². The topological polar surface area (TPSA) is 20.2 Å². The van der Waals surface area contributed by atoms with E-state index in [2.05, 4.69) is 39.0 Å². The Morgan fingerprint density at radius 2 is 2.07 bits per heavy atom. The fraction of sp³-hybridized carbons (Fsp3) is 0.571. The van der Waals surface area contributed by atoms with E-state index in [1.165, 1.54) is 16.7 Å². The van der Waals surface area contributed by atoms with Gasteiger partial charge in [0, 0.05) is 0 Å². The van der Waals surface area contributed by atoms with Gasteiger partial charge in [-0.1, -0.05) is 39.0 Å². The van der Waals surface area contributed by atoms with Crippen molar-refractivity contribution in [3.05, 3.63) is 34.9 Å². The molecule has 0 spiro atoms. The zero-order valence-electron chi connectivity index (χ0n) is 9.83. The number of rotatable bonds is 2. The number of fused-ring (bicyclic) bond motifs is 1. The zero-order valence-corrected chi connectivity index (χ0v) is 9.83. The van der Waals surface area contributed by atoms with Gasteiger partial charge in [0.2, 0.25) is 0 Å². The molecule has 1 nitrogen and oxygen atoms in total. The first-order chi connectivity index (χ1) is 7.08. The van der Waals surface area contributed by atoms with Crippen LogP contribution in [-0.4, -0.2) is 5.11 Å². The lowest BCUT2D eigenvalue weighted by atomic mass is 9.97. The largest absolute Gasteiger partial charge is 0.388 e. The van der Waals surface area contributed by atoms with E-state index >= 15 is 0 Å². The molecule has 0 radical (unpaired) electrons. The van der Waals surface area contributed by atoms with Crippen molar-refractivity contribution in [3.8, 4) is 0 Å². The van der Waals surface area contributed by atoms with Gasteiger partial charge < -0.3 is 5.11 Å². The van der Waals surface area contributed by atoms with Crippen LogP contribution < -0.4 is 0 Å². The Kier molecular flexibility index (Phi) is 2.83. The lowest BCUT2D eigenvalue weighted by Crippen LogP contribution is -1.97. The molecule has 1 N–H and O–H groups in total. The Balaban J connectivity index is 2.30. The highest BCUT2D eigenvalue weighted by molar-refractivity contribution is 5.39. The van der Waals surface area contributed by atoms with Crippen LogP contribution in [0.25, 0.3) is 0 Å². The summed E-state index contributed by atoms with van der Waals surface area (Å²) in [5, 5.41) is 9.91. The maximum absolute atomic E-state index is 9.91. The van der Waals surface area contributed by atoms with Crippen molar-refractivity contribution in [3.63, 3.8) is 0 Å². The normalized spacial score (nSPS) is 24.6. The molecular weight excluding hydrogens is 184 g/mol. The van der Waals surface area contributed by atoms with E-state index in [1.807, 2.05) is 0 Å². The molecule has 1 aromatic rings. The molecule has 0 saturated carbocycles. The minimum atomic E-state index is -0.234. The van der Waals surface area contributed by atoms with Gasteiger partial charge in [-0.2, -0.15) is 0 Å². The molecule has 2 atom stereocenters. The van der Waals surface area contributed by atoms with Crippen LogP contribution in [0.5, 0.6) is 0 Å². The quantitative estimate of drug-likeness (QED) is 0.782. The average molecular weight is 204 g/mol. The number of hydrogen-bond donors (Lipinski definition) is 1. The highest BCUT2D eigenvalue weighted by atomic mass is 16.3. The lowest BCUT2D eigenvalue weighted by molar-refractivity contribution is 0.174. The molecule has 2 rings (SSSR count). The minimum absolute atomic E-state index is 0.234. The summed E-state index contributed by atoms with van der Waals surface area (Å²) in [6.07, 6.45) is 1.76. The number of hydrogen-bond acceptors (Lipinski definition) is 1. The number of benzene rings is 1. The van der Waals surface area contributed by atoms with E-state index < -0.39 is 0 Å². The van der Waals surface area contributed by atoms with E-state index in [-0.39, 0.29) is 6.10 Å². The lowest BCUT2D eigenvalue weighted by Gasteiger charge is -2.09. The molecule has 0 heterocycles. The second-order valence-electron chi connectivity index (χ2n) is 5.21. The van der Waals surface area contributed by atoms with Crippen molar-refractivity contribution >= 4 is 0 Å². The van der Waals surface area contributed by atoms with Gasteiger partial charge in [0.05, 0.1) is 6.10 Å². The Bertz CT molecular complexity index is 354. The zero-order chi connectivity index (χ0) is 11.0. The molecule has 1 aliphatic rings. The maximum atomic E-state index is 9.91. The standard InChI is InChI=1S/C14H20O/c1-9(2)6-11-4-5-12-10(3)7-14(15)13(12)8-11/h4-5,8-10,14-15H,6-7H2,1-3H3. The fourth-order valence-corrected chi connectivity index (χ4v) is 2.55. The first-order valence-electron chi connectivity index (χ1n) is 5.88. The number of aliphatic hydroxyl groups excluding tert-OH is 1. The van der Waals surface area contributed by atoms with E-state index in [9.17, 15) is 5.11 Å². The van der Waals surface area contributed by atoms with Gasteiger partial charge in [-0.15, -0.1) is 0 Å². The van der Waals surface area contributed by atoms with E-state index in [4.69, 9.17) is 0 Å². The molecule has 0 aliphatic heterocycles. The Hall–Kier alpha value is -0.820. The van der Waals surface area contributed by atoms with Gasteiger partial charge in [0.1, 0.15) is 0 Å². The predicted octanol–water partition coefficient (Wildman–Crippen LogP) is 3.43. The predicted molar refractivity (Wildman–Crippen MR) is 63.0 cm³/mol. The highest BCUT2D eigenvalue weighted by Gasteiger charge is 2.26. The summed E-state index contributed by atoms with van der Waals surface area (Å²) in [5.41, 5.74) is 3.87. The van der Waals surface area contributed by atoms with Crippen LogP contribution >= 0.6 is 0 Å². The third kappa shape index (κ3) is 2.07. The molecule has 1 aliphatic carbocycles. The summed E-state index contributed by atoms with van der Waals surface area (Å²) < 4.78 is 0. The molecule has 1 heteroatoms. The Morgan fingerprint density at radius 1 is 1.33 bits per heavy atom. The van der Waals surface area contributed by atoms with Crippen molar-refractivity contribution < 1.29 is 5.11 Å². The summed E-state index contributed by atoms with van der Waals surface area (Å²) in [6, 6.07) is 6.62. The third-order valence-electron chi connectivity index (χ3n) is 3.26. The summed E-state index contributed by atoms with van der Waals surface area (Å²) in [6.45, 7) is 6.65. The molecule has 2 unspecified atom stereocenters. The maximum Gasteiger partial charge on any atom is 0.0798 e. The average Bonchev–Trinajstić information content (AvgIpc) is 2.41. The number of aliphatic hydroxyl groups is 1. The van der Waals surface area contributed by atoms with Gasteiger partial charge in [0.25, 0.3) is 0 Å². The molecule has 0 aromatic heterocycles. The van der Waals surface area contributed by atoms with Gasteiger partial charge >= 0.3 is 0 Å². The molecule has 82 valence electrons. The summed E-state index contributed by atoms with van der Waals surface area (Å²) in [7, 11) is 0. The molecule has 0 saturated heterocycles. The van der Waals surface area contributed by atoms with Crippen molar-refractivity contribution in [1.82, 2.24) is 0 Å². The van der Waals surface area contributed by atoms with Gasteiger partial charge in [-0.05, 0) is 41.4 Å². The summed E-state index contributed by atoms with van der Waals surface area (Å²) >= 11 is 0. The summed E-state index contributed by atoms with van der Waals surface area (Å²) in [4.78, 5) is 0. The molecule has 0 fully saturated rings. The van der Waals surface area contributed by atoms with Crippen LogP contribution in [0.15, 0.2) is 18.2 Å². The van der Waals surface area contributed by atoms with E-state index in [0.29, 0.717) is 11.8 Å². The van der Waals surface area contributed by atoms with Crippen LogP contribution in [-0.2, 0) is 6.42 Å². The van der Waals surface area contributed by atoms with Crippen LogP contribution in [0.1, 0.15) is 55.9 Å². The van der Waals surface area contributed by atoms with Crippen molar-refractivity contribution in [2.75, 3.05) is 0 Å². The molecule has 1 aromatic carbocycles. The van der Waals surface area contributed by atoms with E-state index in [0.717, 1.165) is 12.8 Å². The van der Waals surface area contributed by atoms with Crippen molar-refractivity contribution in [2.24, 2.45) is 5.92 Å². The van der Waals surface area contributed by atoms with Crippen LogP contribution in [0, 0.1) is 5.92 Å². The Morgan fingerprint density at radius 3 is 2.73 bits per heavy atom. The van der Waals surface area contributed by atoms with Crippen molar-refractivity contribution in [2.45, 2.75) is 45.6 Å². The van der Waals surface area contributed by atoms with E-state index in [1.54, 1.807) is 0 Å². The first kappa shape index (κ1) is 10.7. The molecule has 0 bridgehead atoms. The minimum Gasteiger partial charge on any atom is -0.388 e. The molecule has 0 amide bonds. The van der Waals surface area contributed by atoms with Crippen molar-refractivity contribution in [1.29, 1.82) is 0 Å². The fourth-order valence-electron chi connectivity index (χ4n) is 2.55.